The van der Waals surface area contributed by atoms with Crippen molar-refractivity contribution in [2.75, 3.05) is 11.1 Å². The Balaban J connectivity index is 1.66. The van der Waals surface area contributed by atoms with Crippen molar-refractivity contribution in [3.8, 4) is 5.69 Å². The predicted molar refractivity (Wildman–Crippen MR) is 95.9 cm³/mol. The molecule has 0 unspecified atom stereocenters. The molecule has 0 saturated carbocycles. The number of benzene rings is 2. The Kier molecular flexibility index (Phi) is 5.71. The molecule has 0 atom stereocenters. The van der Waals surface area contributed by atoms with Crippen molar-refractivity contribution in [3.05, 3.63) is 65.4 Å². The third kappa shape index (κ3) is 4.81. The first kappa shape index (κ1) is 19.2. The monoisotopic (exact) mass is 413 g/mol. The lowest BCUT2D eigenvalue weighted by molar-refractivity contribution is -0.694. The van der Waals surface area contributed by atoms with E-state index >= 15 is 0 Å². The van der Waals surface area contributed by atoms with Gasteiger partial charge >= 0.3 is 11.3 Å². The number of carbonyl (C=O) groups is 1. The summed E-state index contributed by atoms with van der Waals surface area (Å²) in [6, 6.07) is 12.6. The second kappa shape index (κ2) is 8.01. The average molecular weight is 414 g/mol. The number of amides is 1. The summed E-state index contributed by atoms with van der Waals surface area (Å²) in [7, 11) is 0. The number of para-hydroxylation sites is 1. The van der Waals surface area contributed by atoms with Crippen LogP contribution in [0.4, 0.5) is 18.9 Å². The van der Waals surface area contributed by atoms with Gasteiger partial charge in [-0.15, -0.1) is 4.68 Å². The van der Waals surface area contributed by atoms with Gasteiger partial charge in [0.05, 0.1) is 16.3 Å². The van der Waals surface area contributed by atoms with E-state index in [9.17, 15) is 18.0 Å². The summed E-state index contributed by atoms with van der Waals surface area (Å²) >= 11 is 6.72. The largest absolute Gasteiger partial charge is 0.417 e. The first-order valence-electron chi connectivity index (χ1n) is 7.65. The summed E-state index contributed by atoms with van der Waals surface area (Å²) in [4.78, 5) is 16.3. The topological polar surface area (TPSA) is 61.7 Å². The molecular formula is C17H13ClF3N4OS+. The van der Waals surface area contributed by atoms with Crippen molar-refractivity contribution < 1.29 is 22.6 Å². The highest BCUT2D eigenvalue weighted by Crippen LogP contribution is 2.36. The summed E-state index contributed by atoms with van der Waals surface area (Å²) in [6.45, 7) is 0. The summed E-state index contributed by atoms with van der Waals surface area (Å²) in [5, 5.41) is 5.50. The van der Waals surface area contributed by atoms with Crippen molar-refractivity contribution in [2.45, 2.75) is 11.3 Å². The van der Waals surface area contributed by atoms with Crippen LogP contribution in [-0.2, 0) is 11.0 Å². The number of rotatable bonds is 5. The maximum Gasteiger partial charge on any atom is 0.417 e. The standard InChI is InChI=1S/C17H12ClF3N4OS/c18-14-7-6-11(8-13(14)17(19,20)21)24-15(26)9-27-16-22-10-23-25(16)12-4-2-1-3-5-12/h1-8,10H,9H2,(H,24,26)/p+1. The van der Waals surface area contributed by atoms with Crippen LogP contribution in [-0.4, -0.2) is 21.7 Å². The molecule has 140 valence electrons. The fourth-order valence-electron chi connectivity index (χ4n) is 2.27. The van der Waals surface area contributed by atoms with E-state index in [1.807, 2.05) is 30.3 Å². The molecule has 0 aliphatic heterocycles. The van der Waals surface area contributed by atoms with Gasteiger partial charge in [0, 0.05) is 5.69 Å². The molecule has 1 heterocycles. The Hall–Kier alpha value is -2.52. The zero-order valence-corrected chi connectivity index (χ0v) is 15.2. The smallest absolute Gasteiger partial charge is 0.325 e. The van der Waals surface area contributed by atoms with Crippen LogP contribution in [0, 0.1) is 0 Å². The summed E-state index contributed by atoms with van der Waals surface area (Å²) < 4.78 is 40.4. The van der Waals surface area contributed by atoms with Gasteiger partial charge in [-0.2, -0.15) is 18.3 Å². The Bertz CT molecular complexity index is 947. The molecule has 1 aromatic heterocycles. The number of anilines is 1. The molecule has 2 aromatic carbocycles. The van der Waals surface area contributed by atoms with Gasteiger partial charge in [0.2, 0.25) is 12.2 Å². The van der Waals surface area contributed by atoms with E-state index in [1.165, 1.54) is 12.4 Å². The van der Waals surface area contributed by atoms with Crippen LogP contribution in [0.3, 0.4) is 0 Å². The van der Waals surface area contributed by atoms with Gasteiger partial charge in [-0.3, -0.25) is 4.79 Å². The molecule has 0 aliphatic carbocycles. The van der Waals surface area contributed by atoms with E-state index in [1.54, 1.807) is 4.68 Å². The maximum absolute atomic E-state index is 12.9. The number of aromatic nitrogens is 3. The Morgan fingerprint density at radius 1 is 1.22 bits per heavy atom. The predicted octanol–water partition coefficient (Wildman–Crippen LogP) is 4.09. The van der Waals surface area contributed by atoms with E-state index in [2.05, 4.69) is 15.4 Å². The highest BCUT2D eigenvalue weighted by Gasteiger charge is 2.33. The van der Waals surface area contributed by atoms with Gasteiger partial charge in [-0.25, -0.2) is 0 Å². The molecule has 1 amide bonds. The zero-order valence-electron chi connectivity index (χ0n) is 13.6. The van der Waals surface area contributed by atoms with Crippen LogP contribution in [0.1, 0.15) is 5.56 Å². The van der Waals surface area contributed by atoms with E-state index in [0.717, 1.165) is 29.6 Å². The lowest BCUT2D eigenvalue weighted by Crippen LogP contribution is -2.35. The number of carbonyl (C=O) groups excluding carboxylic acids is 1. The number of alkyl halides is 3. The highest BCUT2D eigenvalue weighted by atomic mass is 35.5. The number of halogens is 4. The Morgan fingerprint density at radius 3 is 2.67 bits per heavy atom. The molecular weight excluding hydrogens is 401 g/mol. The average Bonchev–Trinajstić information content (AvgIpc) is 3.10. The molecule has 10 heteroatoms. The van der Waals surface area contributed by atoms with Gasteiger partial charge in [0.25, 0.3) is 0 Å². The minimum Gasteiger partial charge on any atom is -0.325 e. The first-order valence-corrected chi connectivity index (χ1v) is 9.01. The number of nitrogens with one attached hydrogen (secondary N) is 2. The first-order chi connectivity index (χ1) is 12.8. The molecule has 2 N–H and O–H groups in total. The van der Waals surface area contributed by atoms with Gasteiger partial charge in [-0.1, -0.05) is 29.8 Å². The highest BCUT2D eigenvalue weighted by molar-refractivity contribution is 7.99. The summed E-state index contributed by atoms with van der Waals surface area (Å²) in [6.07, 6.45) is -3.11. The number of nitrogens with zero attached hydrogens (tertiary/aromatic N) is 2. The Labute approximate surface area is 161 Å². The molecule has 27 heavy (non-hydrogen) atoms. The molecule has 0 aliphatic rings. The molecule has 3 rings (SSSR count). The summed E-state index contributed by atoms with van der Waals surface area (Å²) in [5.74, 6) is -0.486. The second-order valence-corrected chi connectivity index (χ2v) is 6.72. The SMILES string of the molecule is O=C(CSc1nc[nH][n+]1-c1ccccc1)Nc1ccc(Cl)c(C(F)(F)F)c1. The lowest BCUT2D eigenvalue weighted by atomic mass is 10.2. The minimum absolute atomic E-state index is 0.0234. The van der Waals surface area contributed by atoms with E-state index in [-0.39, 0.29) is 11.4 Å². The van der Waals surface area contributed by atoms with Crippen molar-refractivity contribution >= 4 is 35.0 Å². The van der Waals surface area contributed by atoms with Gasteiger partial charge in [0.1, 0.15) is 0 Å². The van der Waals surface area contributed by atoms with E-state index < -0.39 is 22.7 Å². The number of hydrogen-bond donors (Lipinski definition) is 2. The second-order valence-electron chi connectivity index (χ2n) is 5.37. The summed E-state index contributed by atoms with van der Waals surface area (Å²) in [5.41, 5.74) is -0.135. The molecule has 0 spiro atoms. The molecule has 3 aromatic rings. The quantitative estimate of drug-likeness (QED) is 0.489. The van der Waals surface area contributed by atoms with Crippen LogP contribution in [0.15, 0.2) is 60.0 Å². The van der Waals surface area contributed by atoms with Gasteiger partial charge in [-0.05, 0) is 47.1 Å². The number of aromatic amines is 1. The minimum atomic E-state index is -4.59. The van der Waals surface area contributed by atoms with Crippen LogP contribution >= 0.6 is 23.4 Å². The van der Waals surface area contributed by atoms with Crippen LogP contribution in [0.2, 0.25) is 5.02 Å². The van der Waals surface area contributed by atoms with Crippen LogP contribution < -0.4 is 10.00 Å². The van der Waals surface area contributed by atoms with Crippen LogP contribution in [0.25, 0.3) is 5.69 Å². The third-order valence-electron chi connectivity index (χ3n) is 3.46. The van der Waals surface area contributed by atoms with E-state index in [4.69, 9.17) is 11.6 Å². The fraction of sp³-hybridized carbons (Fsp3) is 0.118. The zero-order chi connectivity index (χ0) is 19.4. The van der Waals surface area contributed by atoms with Crippen LogP contribution in [0.5, 0.6) is 0 Å². The van der Waals surface area contributed by atoms with E-state index in [0.29, 0.717) is 5.16 Å². The van der Waals surface area contributed by atoms with Gasteiger partial charge in [0.15, 0.2) is 5.69 Å². The molecule has 0 radical (unpaired) electrons. The van der Waals surface area contributed by atoms with Crippen molar-refractivity contribution in [1.29, 1.82) is 0 Å². The van der Waals surface area contributed by atoms with Crippen molar-refractivity contribution in [1.82, 2.24) is 10.1 Å². The molecule has 0 bridgehead atoms. The Morgan fingerprint density at radius 2 is 1.96 bits per heavy atom. The lowest BCUT2D eigenvalue weighted by Gasteiger charge is -2.11. The number of hydrogen-bond acceptors (Lipinski definition) is 3. The number of thioether (sulfide) groups is 1. The van der Waals surface area contributed by atoms with Crippen molar-refractivity contribution in [3.63, 3.8) is 0 Å². The fourth-order valence-corrected chi connectivity index (χ4v) is 3.24. The third-order valence-corrected chi connectivity index (χ3v) is 4.74. The van der Waals surface area contributed by atoms with Gasteiger partial charge < -0.3 is 5.32 Å². The molecule has 5 nitrogen and oxygen atoms in total. The normalized spacial score (nSPS) is 11.4. The maximum atomic E-state index is 12.9. The number of H-pyrrole nitrogens is 1. The molecule has 0 saturated heterocycles. The molecule has 0 fully saturated rings. The van der Waals surface area contributed by atoms with Crippen molar-refractivity contribution in [2.24, 2.45) is 0 Å².